The van der Waals surface area contributed by atoms with Gasteiger partial charge >= 0.3 is 0 Å². The first-order valence-corrected chi connectivity index (χ1v) is 9.11. The number of nitrogens with two attached hydrogens (primary N) is 2. The average molecular weight is 382 g/mol. The van der Waals surface area contributed by atoms with Gasteiger partial charge in [-0.25, -0.2) is 0 Å². The number of nitrogen functional groups attached to an aromatic ring is 2. The van der Waals surface area contributed by atoms with Crippen molar-refractivity contribution < 1.29 is 4.74 Å². The summed E-state index contributed by atoms with van der Waals surface area (Å²) in [6.45, 7) is 0. The largest absolute Gasteiger partial charge is 0.496 e. The van der Waals surface area contributed by atoms with Crippen molar-refractivity contribution in [1.82, 2.24) is 19.8 Å². The number of nitrogens with zero attached hydrogens (tertiary/aromatic N) is 4. The van der Waals surface area contributed by atoms with E-state index in [-0.39, 0.29) is 0 Å². The molecule has 0 unspecified atom stereocenters. The van der Waals surface area contributed by atoms with Crippen LogP contribution in [0.15, 0.2) is 66.7 Å². The molecule has 2 aromatic heterocycles. The van der Waals surface area contributed by atoms with Gasteiger partial charge in [-0.2, -0.15) is 9.61 Å². The van der Waals surface area contributed by atoms with E-state index in [0.717, 1.165) is 16.3 Å². The Balaban J connectivity index is 1.91. The summed E-state index contributed by atoms with van der Waals surface area (Å²) in [5.41, 5.74) is 16.5. The Labute approximate surface area is 166 Å². The first kappa shape index (κ1) is 17.0. The van der Waals surface area contributed by atoms with E-state index < -0.39 is 0 Å². The summed E-state index contributed by atoms with van der Waals surface area (Å²) >= 11 is 0. The molecule has 0 radical (unpaired) electrons. The zero-order valence-corrected chi connectivity index (χ0v) is 15.7. The van der Waals surface area contributed by atoms with Crippen molar-refractivity contribution in [3.05, 3.63) is 66.7 Å². The molecule has 0 bridgehead atoms. The van der Waals surface area contributed by atoms with Crippen LogP contribution in [0.2, 0.25) is 0 Å². The van der Waals surface area contributed by atoms with E-state index in [4.69, 9.17) is 21.3 Å². The van der Waals surface area contributed by atoms with Gasteiger partial charge in [0.15, 0.2) is 11.5 Å². The van der Waals surface area contributed by atoms with Gasteiger partial charge in [-0.05, 0) is 24.3 Å². The lowest BCUT2D eigenvalue weighted by Crippen LogP contribution is -2.03. The number of methoxy groups -OCH3 is 1. The Morgan fingerprint density at radius 2 is 1.48 bits per heavy atom. The third-order valence-electron chi connectivity index (χ3n) is 4.98. The number of hydrogen-bond acceptors (Lipinski definition) is 6. The van der Waals surface area contributed by atoms with E-state index in [9.17, 15) is 0 Å². The van der Waals surface area contributed by atoms with E-state index in [1.807, 2.05) is 66.7 Å². The standard InChI is InChI=1S/C22H18N6O/c1-29-18-12-5-4-9-15(18)22-26-25-21-14-8-3-2-7-13(14)20(27-28(21)22)19-16(23)10-6-11-17(19)24/h2-12H,23-24H2,1H3. The van der Waals surface area contributed by atoms with Crippen molar-refractivity contribution in [2.75, 3.05) is 18.6 Å². The first-order chi connectivity index (χ1) is 14.2. The molecule has 5 rings (SSSR count). The van der Waals surface area contributed by atoms with Crippen LogP contribution in [0.5, 0.6) is 5.75 Å². The Bertz CT molecular complexity index is 1350. The maximum Gasteiger partial charge on any atom is 0.189 e. The highest BCUT2D eigenvalue weighted by Crippen LogP contribution is 2.37. The molecule has 4 N–H and O–H groups in total. The van der Waals surface area contributed by atoms with Crippen LogP contribution >= 0.6 is 0 Å². The summed E-state index contributed by atoms with van der Waals surface area (Å²) in [7, 11) is 1.63. The van der Waals surface area contributed by atoms with Crippen LogP contribution < -0.4 is 16.2 Å². The molecule has 29 heavy (non-hydrogen) atoms. The smallest absolute Gasteiger partial charge is 0.189 e. The Kier molecular flexibility index (Phi) is 3.80. The fourth-order valence-electron chi connectivity index (χ4n) is 3.63. The number of hydrogen-bond donors (Lipinski definition) is 2. The molecule has 2 heterocycles. The molecule has 0 atom stereocenters. The van der Waals surface area contributed by atoms with Crippen LogP contribution in [0.25, 0.3) is 39.1 Å². The molecule has 0 saturated carbocycles. The maximum atomic E-state index is 6.28. The number of rotatable bonds is 3. The fraction of sp³-hybridized carbons (Fsp3) is 0.0455. The van der Waals surface area contributed by atoms with Crippen LogP contribution in [-0.4, -0.2) is 26.9 Å². The van der Waals surface area contributed by atoms with Crippen LogP contribution in [0.3, 0.4) is 0 Å². The number of benzene rings is 3. The number of para-hydroxylation sites is 1. The molecule has 7 heteroatoms. The Morgan fingerprint density at radius 1 is 0.793 bits per heavy atom. The molecule has 0 spiro atoms. The van der Waals surface area contributed by atoms with Crippen molar-refractivity contribution in [2.45, 2.75) is 0 Å². The Morgan fingerprint density at radius 3 is 2.24 bits per heavy atom. The minimum Gasteiger partial charge on any atom is -0.496 e. The first-order valence-electron chi connectivity index (χ1n) is 9.11. The van der Waals surface area contributed by atoms with Crippen molar-refractivity contribution in [3.8, 4) is 28.4 Å². The molecular formula is C22H18N6O. The molecule has 0 amide bonds. The highest BCUT2D eigenvalue weighted by atomic mass is 16.5. The third kappa shape index (κ3) is 2.55. The van der Waals surface area contributed by atoms with Gasteiger partial charge < -0.3 is 16.2 Å². The van der Waals surface area contributed by atoms with Gasteiger partial charge in [0.1, 0.15) is 11.4 Å². The number of aromatic nitrogens is 4. The molecule has 0 aliphatic heterocycles. The lowest BCUT2D eigenvalue weighted by Gasteiger charge is -2.13. The monoisotopic (exact) mass is 382 g/mol. The number of fused-ring (bicyclic) bond motifs is 3. The second kappa shape index (κ2) is 6.49. The van der Waals surface area contributed by atoms with Crippen molar-refractivity contribution in [3.63, 3.8) is 0 Å². The van der Waals surface area contributed by atoms with Gasteiger partial charge in [0.25, 0.3) is 0 Å². The topological polar surface area (TPSA) is 104 Å². The van der Waals surface area contributed by atoms with Crippen LogP contribution in [0, 0.1) is 0 Å². The summed E-state index contributed by atoms with van der Waals surface area (Å²) in [4.78, 5) is 0. The van der Waals surface area contributed by atoms with Gasteiger partial charge in [-0.3, -0.25) is 0 Å². The highest BCUT2D eigenvalue weighted by molar-refractivity contribution is 6.05. The molecular weight excluding hydrogens is 364 g/mol. The highest BCUT2D eigenvalue weighted by Gasteiger charge is 2.20. The van der Waals surface area contributed by atoms with Gasteiger partial charge in [-0.1, -0.05) is 42.5 Å². The van der Waals surface area contributed by atoms with Crippen molar-refractivity contribution in [1.29, 1.82) is 0 Å². The second-order valence-electron chi connectivity index (χ2n) is 6.66. The molecule has 3 aromatic carbocycles. The predicted molar refractivity (Wildman–Crippen MR) is 115 cm³/mol. The normalized spacial score (nSPS) is 11.2. The maximum absolute atomic E-state index is 6.28. The Hall–Kier alpha value is -4.13. The minimum absolute atomic E-state index is 0.564. The van der Waals surface area contributed by atoms with Crippen LogP contribution in [-0.2, 0) is 0 Å². The summed E-state index contributed by atoms with van der Waals surface area (Å²) in [6.07, 6.45) is 0. The lowest BCUT2D eigenvalue weighted by molar-refractivity contribution is 0.416. The summed E-state index contributed by atoms with van der Waals surface area (Å²) in [5, 5.41) is 15.5. The van der Waals surface area contributed by atoms with E-state index in [1.54, 1.807) is 11.6 Å². The average Bonchev–Trinajstić information content (AvgIpc) is 3.17. The lowest BCUT2D eigenvalue weighted by atomic mass is 10.0. The molecule has 0 saturated heterocycles. The molecule has 142 valence electrons. The van der Waals surface area contributed by atoms with Gasteiger partial charge in [0.05, 0.1) is 12.7 Å². The molecule has 5 aromatic rings. The number of ether oxygens (including phenoxy) is 1. The van der Waals surface area contributed by atoms with Crippen LogP contribution in [0.4, 0.5) is 11.4 Å². The van der Waals surface area contributed by atoms with Crippen molar-refractivity contribution in [2.24, 2.45) is 0 Å². The number of anilines is 2. The third-order valence-corrected chi connectivity index (χ3v) is 4.98. The van der Waals surface area contributed by atoms with E-state index >= 15 is 0 Å². The summed E-state index contributed by atoms with van der Waals surface area (Å²) in [6, 6.07) is 21.0. The SMILES string of the molecule is COc1ccccc1-c1nnc2c3ccccc3c(-c3c(N)cccc3N)nn12. The molecule has 7 nitrogen and oxygen atoms in total. The quantitative estimate of drug-likeness (QED) is 0.460. The zero-order valence-electron chi connectivity index (χ0n) is 15.7. The summed E-state index contributed by atoms with van der Waals surface area (Å²) < 4.78 is 7.23. The second-order valence-corrected chi connectivity index (χ2v) is 6.66. The fourth-order valence-corrected chi connectivity index (χ4v) is 3.63. The van der Waals surface area contributed by atoms with Gasteiger partial charge in [0, 0.05) is 27.7 Å². The van der Waals surface area contributed by atoms with Gasteiger partial charge in [0.2, 0.25) is 0 Å². The van der Waals surface area contributed by atoms with Crippen molar-refractivity contribution >= 4 is 27.8 Å². The predicted octanol–water partition coefficient (Wildman–Crippen LogP) is 3.78. The van der Waals surface area contributed by atoms with E-state index in [2.05, 4.69) is 10.2 Å². The molecule has 0 aliphatic carbocycles. The van der Waals surface area contributed by atoms with Crippen LogP contribution in [0.1, 0.15) is 0 Å². The minimum atomic E-state index is 0.564. The van der Waals surface area contributed by atoms with E-state index in [1.165, 1.54) is 0 Å². The van der Waals surface area contributed by atoms with Gasteiger partial charge in [-0.15, -0.1) is 10.2 Å². The van der Waals surface area contributed by atoms with E-state index in [0.29, 0.717) is 39.9 Å². The molecule has 0 fully saturated rings. The molecule has 0 aliphatic rings. The summed E-state index contributed by atoms with van der Waals surface area (Å²) in [5.74, 6) is 1.27. The zero-order chi connectivity index (χ0) is 20.0.